The highest BCUT2D eigenvalue weighted by molar-refractivity contribution is 7.45. The van der Waals surface area contributed by atoms with Gasteiger partial charge in [-0.15, -0.1) is 0 Å². The number of aliphatic hydroxyl groups is 1. The van der Waals surface area contributed by atoms with Gasteiger partial charge in [-0.25, -0.2) is 9.13 Å². The van der Waals surface area contributed by atoms with Crippen LogP contribution in [0.1, 0.15) is 26.7 Å². The molecule has 8 N–H and O–H groups in total. The van der Waals surface area contributed by atoms with E-state index in [-0.39, 0.29) is 6.61 Å². The lowest BCUT2D eigenvalue weighted by molar-refractivity contribution is 0.199. The van der Waals surface area contributed by atoms with Crippen LogP contribution in [0.3, 0.4) is 0 Å². The summed E-state index contributed by atoms with van der Waals surface area (Å²) in [6, 6.07) is 8.19. The van der Waals surface area contributed by atoms with Gasteiger partial charge in [0.1, 0.15) is 0 Å². The van der Waals surface area contributed by atoms with Gasteiger partial charge in [0, 0.05) is 34.9 Å². The zero-order valence-corrected chi connectivity index (χ0v) is 20.9. The van der Waals surface area contributed by atoms with Crippen LogP contribution in [0.15, 0.2) is 30.5 Å². The third kappa shape index (κ3) is 18.9. The molecule has 33 heavy (non-hydrogen) atoms. The average Bonchev–Trinajstić information content (AvgIpc) is 2.64. The number of halogens is 1. The molecule has 1 aromatic carbocycles. The Kier molecular flexibility index (Phi) is 15.2. The van der Waals surface area contributed by atoms with Gasteiger partial charge in [-0.05, 0) is 57.1 Å². The van der Waals surface area contributed by atoms with Crippen LogP contribution in [-0.2, 0) is 9.13 Å². The van der Waals surface area contributed by atoms with Gasteiger partial charge in [0.05, 0.1) is 12.1 Å². The standard InChI is InChI=1S/C18H26ClN3O.2H3O4P/c1-3-22(11-12-23)10-4-5-14(2)21-17-8-9-20-18-13-15(19)6-7-16(17)18;2*1-5(2,3)4/h6-9,13-14,23H,3-5,10-12H2,1-2H3,(H,20,21);2*(H3,1,2,3,4). The number of fused-ring (bicyclic) bond motifs is 1. The maximum Gasteiger partial charge on any atom is 0.466 e. The number of phosphoric acid groups is 2. The Labute approximate surface area is 197 Å². The van der Waals surface area contributed by atoms with Crippen molar-refractivity contribution in [3.05, 3.63) is 35.5 Å². The molecular formula is C18H32ClN3O9P2. The lowest BCUT2D eigenvalue weighted by atomic mass is 10.1. The zero-order valence-electron chi connectivity index (χ0n) is 18.3. The van der Waals surface area contributed by atoms with Crippen molar-refractivity contribution in [3.8, 4) is 0 Å². The summed E-state index contributed by atoms with van der Waals surface area (Å²) in [6.07, 6.45) is 4.00. The van der Waals surface area contributed by atoms with Gasteiger partial charge >= 0.3 is 15.6 Å². The van der Waals surface area contributed by atoms with Gasteiger partial charge in [0.25, 0.3) is 0 Å². The molecule has 0 aliphatic heterocycles. The fraction of sp³-hybridized carbons (Fsp3) is 0.500. The highest BCUT2D eigenvalue weighted by Crippen LogP contribution is 2.26. The van der Waals surface area contributed by atoms with E-state index in [0.717, 1.165) is 49.1 Å². The average molecular weight is 532 g/mol. The van der Waals surface area contributed by atoms with Gasteiger partial charge in [0.15, 0.2) is 0 Å². The lowest BCUT2D eigenvalue weighted by Crippen LogP contribution is -2.28. The fourth-order valence-corrected chi connectivity index (χ4v) is 2.94. The first-order valence-corrected chi connectivity index (χ1v) is 13.4. The summed E-state index contributed by atoms with van der Waals surface area (Å²) in [5.74, 6) is 0. The number of nitrogens with zero attached hydrogens (tertiary/aromatic N) is 2. The molecule has 2 rings (SSSR count). The molecule has 190 valence electrons. The predicted molar refractivity (Wildman–Crippen MR) is 127 cm³/mol. The van der Waals surface area contributed by atoms with Gasteiger partial charge in [-0.3, -0.25) is 4.98 Å². The topological polar surface area (TPSA) is 204 Å². The van der Waals surface area contributed by atoms with Crippen LogP contribution >= 0.6 is 27.2 Å². The van der Waals surface area contributed by atoms with E-state index in [1.807, 2.05) is 30.5 Å². The number of aromatic nitrogens is 1. The van der Waals surface area contributed by atoms with E-state index in [1.54, 1.807) is 0 Å². The van der Waals surface area contributed by atoms with Crippen molar-refractivity contribution in [2.24, 2.45) is 0 Å². The lowest BCUT2D eigenvalue weighted by Gasteiger charge is -2.21. The van der Waals surface area contributed by atoms with Gasteiger partial charge < -0.3 is 44.7 Å². The molecule has 1 atom stereocenters. The number of benzene rings is 1. The largest absolute Gasteiger partial charge is 0.466 e. The van der Waals surface area contributed by atoms with Crippen molar-refractivity contribution in [1.82, 2.24) is 9.88 Å². The van der Waals surface area contributed by atoms with Gasteiger partial charge in [-0.1, -0.05) is 18.5 Å². The third-order valence-corrected chi connectivity index (χ3v) is 4.32. The minimum atomic E-state index is -4.64. The zero-order chi connectivity index (χ0) is 25.7. The normalized spacial score (nSPS) is 12.5. The van der Waals surface area contributed by atoms with E-state index in [1.165, 1.54) is 0 Å². The summed E-state index contributed by atoms with van der Waals surface area (Å²) >= 11 is 6.03. The van der Waals surface area contributed by atoms with E-state index in [4.69, 9.17) is 55.2 Å². The number of aliphatic hydroxyl groups excluding tert-OH is 1. The molecule has 15 heteroatoms. The summed E-state index contributed by atoms with van der Waals surface area (Å²) in [5.41, 5.74) is 2.01. The van der Waals surface area contributed by atoms with Crippen molar-refractivity contribution in [2.45, 2.75) is 32.7 Å². The smallest absolute Gasteiger partial charge is 0.395 e. The Morgan fingerprint density at radius 2 is 1.64 bits per heavy atom. The molecule has 12 nitrogen and oxygen atoms in total. The van der Waals surface area contributed by atoms with Gasteiger partial charge in [0.2, 0.25) is 0 Å². The fourth-order valence-electron chi connectivity index (χ4n) is 2.78. The number of likely N-dealkylation sites (N-methyl/N-ethyl adjacent to an activating group) is 1. The maximum atomic E-state index is 9.02. The van der Waals surface area contributed by atoms with E-state index < -0.39 is 15.6 Å². The van der Waals surface area contributed by atoms with E-state index >= 15 is 0 Å². The number of rotatable bonds is 9. The van der Waals surface area contributed by atoms with Crippen molar-refractivity contribution in [1.29, 1.82) is 0 Å². The number of anilines is 1. The molecule has 1 unspecified atom stereocenters. The molecule has 0 spiro atoms. The molecule has 0 aliphatic rings. The molecular weight excluding hydrogens is 500 g/mol. The second-order valence-corrected chi connectivity index (χ2v) is 9.38. The highest BCUT2D eigenvalue weighted by atomic mass is 35.5. The minimum Gasteiger partial charge on any atom is -0.395 e. The Morgan fingerprint density at radius 1 is 1.06 bits per heavy atom. The van der Waals surface area contributed by atoms with Crippen LogP contribution in [0, 0.1) is 0 Å². The summed E-state index contributed by atoms with van der Waals surface area (Å²) in [5, 5.41) is 14.4. The molecule has 0 amide bonds. The molecule has 0 saturated carbocycles. The Balaban J connectivity index is 0.000000859. The first kappa shape index (κ1) is 31.9. The van der Waals surface area contributed by atoms with Crippen molar-refractivity contribution in [2.75, 3.05) is 31.6 Å². The summed E-state index contributed by atoms with van der Waals surface area (Å²) in [6.45, 7) is 7.32. The van der Waals surface area contributed by atoms with Crippen LogP contribution in [0.25, 0.3) is 10.9 Å². The first-order chi connectivity index (χ1) is 15.1. The van der Waals surface area contributed by atoms with E-state index in [2.05, 4.69) is 29.0 Å². The highest BCUT2D eigenvalue weighted by Gasteiger charge is 2.08. The van der Waals surface area contributed by atoms with Crippen molar-refractivity contribution < 1.29 is 43.6 Å². The SMILES string of the molecule is CCN(CCO)CCCC(C)Nc1ccnc2cc(Cl)ccc12.O=P(O)(O)O.O=P(O)(O)O. The number of nitrogens with one attached hydrogen (secondary N) is 1. The molecule has 1 heterocycles. The summed E-state index contributed by atoms with van der Waals surface area (Å²) in [7, 11) is -9.28. The molecule has 0 bridgehead atoms. The number of hydrogen-bond acceptors (Lipinski definition) is 6. The monoisotopic (exact) mass is 531 g/mol. The number of hydrogen-bond donors (Lipinski definition) is 8. The van der Waals surface area contributed by atoms with Crippen LogP contribution < -0.4 is 5.32 Å². The van der Waals surface area contributed by atoms with Crippen LogP contribution in [-0.4, -0.2) is 76.6 Å². The molecule has 0 saturated heterocycles. The van der Waals surface area contributed by atoms with Crippen molar-refractivity contribution >= 4 is 43.8 Å². The second kappa shape index (κ2) is 15.7. The number of pyridine rings is 1. The molecule has 0 radical (unpaired) electrons. The maximum absolute atomic E-state index is 9.02. The molecule has 0 fully saturated rings. The van der Waals surface area contributed by atoms with E-state index in [0.29, 0.717) is 11.1 Å². The molecule has 0 aliphatic carbocycles. The quantitative estimate of drug-likeness (QED) is 0.219. The van der Waals surface area contributed by atoms with E-state index in [9.17, 15) is 0 Å². The summed E-state index contributed by atoms with van der Waals surface area (Å²) in [4.78, 5) is 49.8. The van der Waals surface area contributed by atoms with Gasteiger partial charge in [-0.2, -0.15) is 0 Å². The van der Waals surface area contributed by atoms with Crippen LogP contribution in [0.2, 0.25) is 5.02 Å². The summed E-state index contributed by atoms with van der Waals surface area (Å²) < 4.78 is 17.8. The van der Waals surface area contributed by atoms with Crippen LogP contribution in [0.5, 0.6) is 0 Å². The molecule has 1 aromatic heterocycles. The molecule has 2 aromatic rings. The third-order valence-electron chi connectivity index (χ3n) is 4.08. The predicted octanol–water partition coefficient (Wildman–Crippen LogP) is 1.93. The van der Waals surface area contributed by atoms with Crippen LogP contribution in [0.4, 0.5) is 5.69 Å². The minimum absolute atomic E-state index is 0.229. The Bertz CT molecular complexity index is 890. The first-order valence-electron chi connectivity index (χ1n) is 9.84. The van der Waals surface area contributed by atoms with Crippen molar-refractivity contribution in [3.63, 3.8) is 0 Å². The second-order valence-electron chi connectivity index (χ2n) is 6.89. The Hall–Kier alpha value is -1.14. The Morgan fingerprint density at radius 3 is 2.15 bits per heavy atom.